The van der Waals surface area contributed by atoms with E-state index in [0.29, 0.717) is 11.7 Å². The lowest BCUT2D eigenvalue weighted by Gasteiger charge is -2.20. The van der Waals surface area contributed by atoms with E-state index in [1.165, 1.54) is 6.33 Å². The molecule has 0 unspecified atom stereocenters. The lowest BCUT2D eigenvalue weighted by Crippen LogP contribution is -2.23. The van der Waals surface area contributed by atoms with Gasteiger partial charge in [-0.05, 0) is 5.92 Å². The maximum absolute atomic E-state index is 8.46. The first kappa shape index (κ1) is 12.2. The minimum Gasteiger partial charge on any atom is -0.359 e. The third kappa shape index (κ3) is 3.73. The highest BCUT2D eigenvalue weighted by Gasteiger charge is 2.05. The first-order valence-corrected chi connectivity index (χ1v) is 5.27. The highest BCUT2D eigenvalue weighted by molar-refractivity contribution is 5.48. The van der Waals surface area contributed by atoms with E-state index in [4.69, 9.17) is 5.26 Å². The van der Waals surface area contributed by atoms with Crippen LogP contribution < -0.4 is 10.2 Å². The number of nitriles is 1. The SMILES string of the molecule is CC(C)CN(C)c1cc(NCC#N)ncn1. The Hall–Kier alpha value is -1.83. The summed E-state index contributed by atoms with van der Waals surface area (Å²) in [5.74, 6) is 2.13. The second kappa shape index (κ2) is 5.91. The Kier molecular flexibility index (Phi) is 4.52. The summed E-state index contributed by atoms with van der Waals surface area (Å²) < 4.78 is 0. The summed E-state index contributed by atoms with van der Waals surface area (Å²) in [6, 6.07) is 3.86. The summed E-state index contributed by atoms with van der Waals surface area (Å²) >= 11 is 0. The molecule has 5 heteroatoms. The monoisotopic (exact) mass is 219 g/mol. The van der Waals surface area contributed by atoms with Crippen LogP contribution in [0.3, 0.4) is 0 Å². The predicted octanol–water partition coefficient (Wildman–Crippen LogP) is 1.50. The van der Waals surface area contributed by atoms with Gasteiger partial charge in [0.1, 0.15) is 24.5 Å². The van der Waals surface area contributed by atoms with Crippen LogP contribution in [0.1, 0.15) is 13.8 Å². The zero-order chi connectivity index (χ0) is 12.0. The van der Waals surface area contributed by atoms with Gasteiger partial charge in [0.15, 0.2) is 0 Å². The molecule has 0 spiro atoms. The molecule has 1 N–H and O–H groups in total. The number of anilines is 2. The normalized spacial score (nSPS) is 9.94. The third-order valence-corrected chi connectivity index (χ3v) is 2.03. The summed E-state index contributed by atoms with van der Waals surface area (Å²) in [7, 11) is 2.00. The van der Waals surface area contributed by atoms with E-state index in [1.54, 1.807) is 0 Å². The Bertz CT molecular complexity index is 369. The van der Waals surface area contributed by atoms with Crippen LogP contribution >= 0.6 is 0 Å². The summed E-state index contributed by atoms with van der Waals surface area (Å²) in [5.41, 5.74) is 0. The molecule has 0 amide bonds. The quantitative estimate of drug-likeness (QED) is 0.760. The fraction of sp³-hybridized carbons (Fsp3) is 0.545. The highest BCUT2D eigenvalue weighted by Crippen LogP contribution is 2.13. The van der Waals surface area contributed by atoms with Crippen molar-refractivity contribution in [3.05, 3.63) is 12.4 Å². The minimum atomic E-state index is 0.254. The first-order valence-electron chi connectivity index (χ1n) is 5.27. The van der Waals surface area contributed by atoms with Gasteiger partial charge in [0.2, 0.25) is 0 Å². The van der Waals surface area contributed by atoms with E-state index in [2.05, 4.69) is 34.0 Å². The van der Waals surface area contributed by atoms with E-state index in [1.807, 2.05) is 19.2 Å². The molecule has 1 aromatic heterocycles. The van der Waals surface area contributed by atoms with Crippen LogP contribution in [0.15, 0.2) is 12.4 Å². The van der Waals surface area contributed by atoms with Gasteiger partial charge >= 0.3 is 0 Å². The van der Waals surface area contributed by atoms with Gasteiger partial charge in [0.05, 0.1) is 6.07 Å². The van der Waals surface area contributed by atoms with Gasteiger partial charge in [-0.25, -0.2) is 9.97 Å². The summed E-state index contributed by atoms with van der Waals surface area (Å²) in [6.45, 7) is 5.51. The molecule has 0 saturated carbocycles. The summed E-state index contributed by atoms with van der Waals surface area (Å²) in [6.07, 6.45) is 1.51. The standard InChI is InChI=1S/C11H17N5/c1-9(2)7-16(3)11-6-10(13-5-4-12)14-8-15-11/h6,8-9H,5,7H2,1-3H3,(H,13,14,15). The second-order valence-electron chi connectivity index (χ2n) is 4.05. The summed E-state index contributed by atoms with van der Waals surface area (Å²) in [5, 5.41) is 11.4. The molecule has 0 aromatic carbocycles. The van der Waals surface area contributed by atoms with Gasteiger partial charge in [-0.2, -0.15) is 5.26 Å². The molecule has 0 aliphatic heterocycles. The number of nitrogens with zero attached hydrogens (tertiary/aromatic N) is 4. The molecule has 5 nitrogen and oxygen atoms in total. The molecule has 1 heterocycles. The summed E-state index contributed by atoms with van der Waals surface area (Å²) in [4.78, 5) is 10.3. The molecule has 1 rings (SSSR count). The van der Waals surface area contributed by atoms with Crippen LogP contribution in [0.2, 0.25) is 0 Å². The largest absolute Gasteiger partial charge is 0.359 e. The average molecular weight is 219 g/mol. The van der Waals surface area contributed by atoms with Crippen LogP contribution in [0.25, 0.3) is 0 Å². The minimum absolute atomic E-state index is 0.254. The van der Waals surface area contributed by atoms with Crippen molar-refractivity contribution < 1.29 is 0 Å². The molecule has 0 radical (unpaired) electrons. The van der Waals surface area contributed by atoms with E-state index in [0.717, 1.165) is 12.4 Å². The van der Waals surface area contributed by atoms with Gasteiger partial charge in [-0.15, -0.1) is 0 Å². The first-order chi connectivity index (χ1) is 7.63. The van der Waals surface area contributed by atoms with Crippen LogP contribution in [-0.4, -0.2) is 30.1 Å². The number of rotatable bonds is 5. The van der Waals surface area contributed by atoms with Crippen molar-refractivity contribution in [2.24, 2.45) is 5.92 Å². The topological polar surface area (TPSA) is 64.8 Å². The van der Waals surface area contributed by atoms with Crippen molar-refractivity contribution in [2.45, 2.75) is 13.8 Å². The Labute approximate surface area is 96.1 Å². The number of hydrogen-bond acceptors (Lipinski definition) is 5. The molecular weight excluding hydrogens is 202 g/mol. The van der Waals surface area contributed by atoms with Crippen LogP contribution in [0.4, 0.5) is 11.6 Å². The van der Waals surface area contributed by atoms with Crippen molar-refractivity contribution in [2.75, 3.05) is 30.4 Å². The van der Waals surface area contributed by atoms with E-state index in [9.17, 15) is 0 Å². The molecular formula is C11H17N5. The van der Waals surface area contributed by atoms with Crippen molar-refractivity contribution in [3.63, 3.8) is 0 Å². The number of hydrogen-bond donors (Lipinski definition) is 1. The lowest BCUT2D eigenvalue weighted by atomic mass is 10.2. The van der Waals surface area contributed by atoms with Crippen LogP contribution in [0.5, 0.6) is 0 Å². The zero-order valence-electron chi connectivity index (χ0n) is 9.94. The van der Waals surface area contributed by atoms with E-state index >= 15 is 0 Å². The van der Waals surface area contributed by atoms with Crippen molar-refractivity contribution in [1.82, 2.24) is 9.97 Å². The molecule has 0 aliphatic rings. The lowest BCUT2D eigenvalue weighted by molar-refractivity contribution is 0.634. The number of nitrogens with one attached hydrogen (secondary N) is 1. The molecule has 0 bridgehead atoms. The molecule has 1 aromatic rings. The van der Waals surface area contributed by atoms with E-state index in [-0.39, 0.29) is 6.54 Å². The maximum Gasteiger partial charge on any atom is 0.133 e. The number of aromatic nitrogens is 2. The second-order valence-corrected chi connectivity index (χ2v) is 4.05. The Morgan fingerprint density at radius 2 is 2.25 bits per heavy atom. The molecule has 0 saturated heterocycles. The van der Waals surface area contributed by atoms with E-state index < -0.39 is 0 Å². The van der Waals surface area contributed by atoms with Gasteiger partial charge in [0.25, 0.3) is 0 Å². The highest BCUT2D eigenvalue weighted by atomic mass is 15.2. The fourth-order valence-electron chi connectivity index (χ4n) is 1.42. The molecule has 0 atom stereocenters. The van der Waals surface area contributed by atoms with Crippen molar-refractivity contribution in [3.8, 4) is 6.07 Å². The smallest absolute Gasteiger partial charge is 0.133 e. The predicted molar refractivity (Wildman–Crippen MR) is 64.2 cm³/mol. The molecule has 0 fully saturated rings. The van der Waals surface area contributed by atoms with Crippen molar-refractivity contribution >= 4 is 11.6 Å². The Morgan fingerprint density at radius 1 is 1.50 bits per heavy atom. The van der Waals surface area contributed by atoms with Gasteiger partial charge in [-0.1, -0.05) is 13.8 Å². The molecule has 16 heavy (non-hydrogen) atoms. The van der Waals surface area contributed by atoms with Crippen molar-refractivity contribution in [1.29, 1.82) is 5.26 Å². The molecule has 0 aliphatic carbocycles. The van der Waals surface area contributed by atoms with Gasteiger partial charge < -0.3 is 10.2 Å². The van der Waals surface area contributed by atoms with Gasteiger partial charge in [0, 0.05) is 19.7 Å². The van der Waals surface area contributed by atoms with Crippen LogP contribution in [0, 0.1) is 17.2 Å². The Morgan fingerprint density at radius 3 is 2.88 bits per heavy atom. The third-order valence-electron chi connectivity index (χ3n) is 2.03. The van der Waals surface area contributed by atoms with Crippen LogP contribution in [-0.2, 0) is 0 Å². The Balaban J connectivity index is 2.70. The molecule has 86 valence electrons. The average Bonchev–Trinajstić information content (AvgIpc) is 2.26. The zero-order valence-corrected chi connectivity index (χ0v) is 9.94. The fourth-order valence-corrected chi connectivity index (χ4v) is 1.42. The van der Waals surface area contributed by atoms with Gasteiger partial charge in [-0.3, -0.25) is 0 Å². The maximum atomic E-state index is 8.46.